The minimum absolute atomic E-state index is 0.123. The Balaban J connectivity index is 2.09. The fourth-order valence-corrected chi connectivity index (χ4v) is 4.29. The Kier molecular flexibility index (Phi) is 4.67. The van der Waals surface area contributed by atoms with E-state index in [-0.39, 0.29) is 10.8 Å². The zero-order valence-corrected chi connectivity index (χ0v) is 14.1. The van der Waals surface area contributed by atoms with Gasteiger partial charge in [0.1, 0.15) is 11.6 Å². The Morgan fingerprint density at radius 2 is 2.24 bits per heavy atom. The number of imidazole rings is 1. The summed E-state index contributed by atoms with van der Waals surface area (Å²) in [5.74, 6) is 1.06. The van der Waals surface area contributed by atoms with E-state index in [0.717, 1.165) is 29.7 Å². The second kappa shape index (κ2) is 6.35. The summed E-state index contributed by atoms with van der Waals surface area (Å²) in [6.45, 7) is 0. The van der Waals surface area contributed by atoms with Crippen LogP contribution in [0.1, 0.15) is 31.1 Å². The number of aromatic nitrogens is 2. The van der Waals surface area contributed by atoms with Crippen LogP contribution in [0.5, 0.6) is 0 Å². The van der Waals surface area contributed by atoms with E-state index < -0.39 is 0 Å². The highest BCUT2D eigenvalue weighted by molar-refractivity contribution is 7.99. The molecular formula is C15H17Cl2FN2S. The molecule has 2 aromatic rings. The predicted octanol–water partition coefficient (Wildman–Crippen LogP) is 5.07. The lowest BCUT2D eigenvalue weighted by atomic mass is 10.2. The van der Waals surface area contributed by atoms with Gasteiger partial charge in [-0.15, -0.1) is 11.6 Å². The number of alkyl halides is 1. The third kappa shape index (κ3) is 2.90. The first kappa shape index (κ1) is 15.4. The first-order valence-corrected chi connectivity index (χ1v) is 9.28. The third-order valence-electron chi connectivity index (χ3n) is 4.18. The topological polar surface area (TPSA) is 17.8 Å². The van der Waals surface area contributed by atoms with Crippen molar-refractivity contribution in [3.8, 4) is 0 Å². The zero-order valence-electron chi connectivity index (χ0n) is 11.8. The molecule has 3 rings (SSSR count). The average molecular weight is 347 g/mol. The number of hydrogen-bond donors (Lipinski definition) is 0. The average Bonchev–Trinajstić information content (AvgIpc) is 3.04. The van der Waals surface area contributed by atoms with Gasteiger partial charge in [-0.3, -0.25) is 0 Å². The monoisotopic (exact) mass is 346 g/mol. The van der Waals surface area contributed by atoms with Gasteiger partial charge in [-0.25, -0.2) is 9.37 Å². The van der Waals surface area contributed by atoms with Gasteiger partial charge in [-0.05, 0) is 31.6 Å². The second-order valence-electron chi connectivity index (χ2n) is 5.42. The van der Waals surface area contributed by atoms with Gasteiger partial charge in [0.25, 0.3) is 0 Å². The molecule has 1 aliphatic carbocycles. The molecule has 0 bridgehead atoms. The largest absolute Gasteiger partial charge is 0.325 e. The lowest BCUT2D eigenvalue weighted by molar-refractivity contribution is 0.513. The van der Waals surface area contributed by atoms with Crippen molar-refractivity contribution in [3.63, 3.8) is 0 Å². The number of halogens is 3. The number of rotatable bonds is 4. The molecule has 1 saturated carbocycles. The summed E-state index contributed by atoms with van der Waals surface area (Å²) in [4.78, 5) is 4.62. The summed E-state index contributed by atoms with van der Waals surface area (Å²) in [6.07, 6.45) is 6.25. The Bertz CT molecular complexity index is 659. The van der Waals surface area contributed by atoms with E-state index in [4.69, 9.17) is 23.2 Å². The Hall–Kier alpha value is -0.450. The Morgan fingerprint density at radius 1 is 1.43 bits per heavy atom. The molecule has 2 atom stereocenters. The first-order chi connectivity index (χ1) is 10.1. The molecule has 1 aliphatic rings. The fourth-order valence-electron chi connectivity index (χ4n) is 3.17. The van der Waals surface area contributed by atoms with Crippen LogP contribution in [0.3, 0.4) is 0 Å². The zero-order chi connectivity index (χ0) is 15.0. The summed E-state index contributed by atoms with van der Waals surface area (Å²) in [5, 5.41) is 0.798. The van der Waals surface area contributed by atoms with E-state index in [0.29, 0.717) is 23.6 Å². The highest BCUT2D eigenvalue weighted by atomic mass is 35.5. The van der Waals surface area contributed by atoms with E-state index in [9.17, 15) is 4.39 Å². The highest BCUT2D eigenvalue weighted by Crippen LogP contribution is 2.39. The molecule has 1 heterocycles. The minimum Gasteiger partial charge on any atom is -0.325 e. The maximum Gasteiger partial charge on any atom is 0.144 e. The van der Waals surface area contributed by atoms with Crippen molar-refractivity contribution < 1.29 is 4.39 Å². The summed E-state index contributed by atoms with van der Waals surface area (Å²) in [7, 11) is 0. The SMILES string of the molecule is CSC1CCC(n2c(CCCl)nc3cc(Cl)c(F)cc32)C1. The van der Waals surface area contributed by atoms with Crippen molar-refractivity contribution in [1.82, 2.24) is 9.55 Å². The molecular weight excluding hydrogens is 330 g/mol. The van der Waals surface area contributed by atoms with Crippen LogP contribution in [-0.4, -0.2) is 26.9 Å². The van der Waals surface area contributed by atoms with Crippen molar-refractivity contribution in [1.29, 1.82) is 0 Å². The first-order valence-electron chi connectivity index (χ1n) is 7.08. The van der Waals surface area contributed by atoms with Crippen LogP contribution in [0, 0.1) is 5.82 Å². The summed E-state index contributed by atoms with van der Waals surface area (Å²) in [5.41, 5.74) is 1.60. The molecule has 1 aromatic carbocycles. The number of aryl methyl sites for hydroxylation is 1. The maximum absolute atomic E-state index is 13.9. The van der Waals surface area contributed by atoms with Crippen molar-refractivity contribution in [2.75, 3.05) is 12.1 Å². The van der Waals surface area contributed by atoms with Crippen molar-refractivity contribution in [3.05, 3.63) is 28.8 Å². The molecule has 114 valence electrons. The standard InChI is InChI=1S/C15H17Cl2FN2S/c1-21-10-3-2-9(6-10)20-14-8-12(18)11(17)7-13(14)19-15(20)4-5-16/h7-10H,2-6H2,1H3. The van der Waals surface area contributed by atoms with Crippen molar-refractivity contribution in [2.45, 2.75) is 37.0 Å². The van der Waals surface area contributed by atoms with Gasteiger partial charge >= 0.3 is 0 Å². The van der Waals surface area contributed by atoms with Gasteiger partial charge in [0, 0.05) is 29.7 Å². The molecule has 0 spiro atoms. The van der Waals surface area contributed by atoms with E-state index in [1.807, 2.05) is 11.8 Å². The lowest BCUT2D eigenvalue weighted by Crippen LogP contribution is -2.11. The van der Waals surface area contributed by atoms with Gasteiger partial charge < -0.3 is 4.57 Å². The highest BCUT2D eigenvalue weighted by Gasteiger charge is 2.28. The number of thioether (sulfide) groups is 1. The third-order valence-corrected chi connectivity index (χ3v) is 5.75. The van der Waals surface area contributed by atoms with E-state index in [1.54, 1.807) is 6.07 Å². The van der Waals surface area contributed by atoms with E-state index in [2.05, 4.69) is 15.8 Å². The van der Waals surface area contributed by atoms with Crippen LogP contribution < -0.4 is 0 Å². The molecule has 0 radical (unpaired) electrons. The minimum atomic E-state index is -0.387. The summed E-state index contributed by atoms with van der Waals surface area (Å²) in [6, 6.07) is 3.50. The van der Waals surface area contributed by atoms with Gasteiger partial charge in [0.2, 0.25) is 0 Å². The molecule has 1 aromatic heterocycles. The Labute approximate surface area is 138 Å². The van der Waals surface area contributed by atoms with Crippen LogP contribution in [0.4, 0.5) is 4.39 Å². The van der Waals surface area contributed by atoms with Crippen LogP contribution in [0.15, 0.2) is 12.1 Å². The van der Waals surface area contributed by atoms with Gasteiger partial charge in [0.15, 0.2) is 0 Å². The molecule has 0 aliphatic heterocycles. The van der Waals surface area contributed by atoms with Crippen LogP contribution >= 0.6 is 35.0 Å². The molecule has 2 unspecified atom stereocenters. The Morgan fingerprint density at radius 3 is 2.90 bits per heavy atom. The predicted molar refractivity (Wildman–Crippen MR) is 89.3 cm³/mol. The molecule has 0 amide bonds. The number of fused-ring (bicyclic) bond motifs is 1. The van der Waals surface area contributed by atoms with Crippen molar-refractivity contribution >= 4 is 46.0 Å². The molecule has 0 N–H and O–H groups in total. The second-order valence-corrected chi connectivity index (χ2v) is 7.34. The van der Waals surface area contributed by atoms with Crippen LogP contribution in [0.25, 0.3) is 11.0 Å². The molecule has 0 saturated heterocycles. The quantitative estimate of drug-likeness (QED) is 0.719. The van der Waals surface area contributed by atoms with E-state index in [1.165, 1.54) is 12.5 Å². The smallest absolute Gasteiger partial charge is 0.144 e. The van der Waals surface area contributed by atoms with Crippen LogP contribution in [-0.2, 0) is 6.42 Å². The number of nitrogens with zero attached hydrogens (tertiary/aromatic N) is 2. The molecule has 21 heavy (non-hydrogen) atoms. The van der Waals surface area contributed by atoms with Gasteiger partial charge in [0.05, 0.1) is 16.1 Å². The molecule has 1 fully saturated rings. The molecule has 6 heteroatoms. The van der Waals surface area contributed by atoms with Gasteiger partial charge in [-0.2, -0.15) is 11.8 Å². The summed E-state index contributed by atoms with van der Waals surface area (Å²) >= 11 is 13.7. The molecule has 2 nitrogen and oxygen atoms in total. The van der Waals surface area contributed by atoms with Crippen LogP contribution in [0.2, 0.25) is 5.02 Å². The van der Waals surface area contributed by atoms with Gasteiger partial charge in [-0.1, -0.05) is 11.6 Å². The normalized spacial score (nSPS) is 22.3. The number of hydrogen-bond acceptors (Lipinski definition) is 2. The van der Waals surface area contributed by atoms with E-state index >= 15 is 0 Å². The fraction of sp³-hybridized carbons (Fsp3) is 0.533. The summed E-state index contributed by atoms with van der Waals surface area (Å²) < 4.78 is 16.0. The van der Waals surface area contributed by atoms with Crippen molar-refractivity contribution in [2.24, 2.45) is 0 Å². The number of benzene rings is 1. The lowest BCUT2D eigenvalue weighted by Gasteiger charge is -2.17. The maximum atomic E-state index is 13.9.